The van der Waals surface area contributed by atoms with Gasteiger partial charge in [-0.25, -0.2) is 4.39 Å². The molecule has 0 amide bonds. The second kappa shape index (κ2) is 3.11. The van der Waals surface area contributed by atoms with E-state index in [1.807, 2.05) is 0 Å². The maximum atomic E-state index is 11.9. The summed E-state index contributed by atoms with van der Waals surface area (Å²) in [6, 6.07) is 3.44. The van der Waals surface area contributed by atoms with Crippen molar-refractivity contribution >= 4 is 6.08 Å². The molecule has 10 heavy (non-hydrogen) atoms. The van der Waals surface area contributed by atoms with Gasteiger partial charge in [-0.2, -0.15) is 0 Å². The van der Waals surface area contributed by atoms with Crippen LogP contribution in [0.5, 0.6) is 0 Å². The zero-order valence-corrected chi connectivity index (χ0v) is 5.55. The summed E-state index contributed by atoms with van der Waals surface area (Å²) in [5.74, 6) is 0. The average molecular weight is 137 g/mol. The zero-order chi connectivity index (χ0) is 7.40. The average Bonchev–Trinajstić information content (AvgIpc) is 2.05. The van der Waals surface area contributed by atoms with E-state index in [9.17, 15) is 4.39 Å². The van der Waals surface area contributed by atoms with Crippen LogP contribution in [0, 0.1) is 0 Å². The van der Waals surface area contributed by atoms with Crippen molar-refractivity contribution < 1.29 is 4.39 Å². The van der Waals surface area contributed by atoms with Crippen LogP contribution in [0.3, 0.4) is 0 Å². The Balaban J connectivity index is 2.90. The lowest BCUT2D eigenvalue weighted by Gasteiger charge is -1.92. The van der Waals surface area contributed by atoms with Gasteiger partial charge in [0.05, 0.1) is 5.69 Å². The van der Waals surface area contributed by atoms with Gasteiger partial charge in [0.1, 0.15) is 6.67 Å². The van der Waals surface area contributed by atoms with E-state index in [1.54, 1.807) is 18.2 Å². The van der Waals surface area contributed by atoms with Crippen LogP contribution in [0.25, 0.3) is 6.08 Å². The van der Waals surface area contributed by atoms with Crippen LogP contribution >= 0.6 is 0 Å². The van der Waals surface area contributed by atoms with E-state index < -0.39 is 6.67 Å². The molecule has 0 spiro atoms. The molecule has 0 N–H and O–H groups in total. The van der Waals surface area contributed by atoms with Crippen LogP contribution in [-0.4, -0.2) is 4.98 Å². The highest BCUT2D eigenvalue weighted by Gasteiger charge is 1.89. The third kappa shape index (κ3) is 1.41. The van der Waals surface area contributed by atoms with Crippen LogP contribution in [0.4, 0.5) is 4.39 Å². The molecule has 0 saturated heterocycles. The normalized spacial score (nSPS) is 9.30. The van der Waals surface area contributed by atoms with Gasteiger partial charge >= 0.3 is 0 Å². The van der Waals surface area contributed by atoms with Crippen molar-refractivity contribution in [1.29, 1.82) is 0 Å². The number of alkyl halides is 1. The molecule has 1 nitrogen and oxygen atoms in total. The van der Waals surface area contributed by atoms with Gasteiger partial charge in [-0.05, 0) is 12.1 Å². The predicted molar refractivity (Wildman–Crippen MR) is 39.1 cm³/mol. The third-order valence-corrected chi connectivity index (χ3v) is 1.21. The maximum absolute atomic E-state index is 11.9. The number of halogens is 1. The summed E-state index contributed by atoms with van der Waals surface area (Å²) in [7, 11) is 0. The Morgan fingerprint density at radius 3 is 2.80 bits per heavy atom. The Morgan fingerprint density at radius 2 is 2.40 bits per heavy atom. The molecule has 0 fully saturated rings. The van der Waals surface area contributed by atoms with E-state index >= 15 is 0 Å². The molecular formula is C8H8FN. The maximum Gasteiger partial charge on any atom is 0.116 e. The predicted octanol–water partition coefficient (Wildman–Crippen LogP) is 2.19. The molecule has 0 radical (unpaired) electrons. The number of nitrogens with zero attached hydrogens (tertiary/aromatic N) is 1. The van der Waals surface area contributed by atoms with Gasteiger partial charge in [-0.15, -0.1) is 0 Å². The first-order valence-corrected chi connectivity index (χ1v) is 3.00. The van der Waals surface area contributed by atoms with Gasteiger partial charge < -0.3 is 0 Å². The SMILES string of the molecule is C=Cc1ccc(CF)cn1. The summed E-state index contributed by atoms with van der Waals surface area (Å²) < 4.78 is 11.9. The van der Waals surface area contributed by atoms with E-state index in [0.29, 0.717) is 5.56 Å². The number of hydrogen-bond acceptors (Lipinski definition) is 1. The molecule has 0 aliphatic heterocycles. The van der Waals surface area contributed by atoms with E-state index in [4.69, 9.17) is 0 Å². The lowest BCUT2D eigenvalue weighted by Crippen LogP contribution is -1.82. The molecule has 52 valence electrons. The van der Waals surface area contributed by atoms with Crippen molar-refractivity contribution in [2.24, 2.45) is 0 Å². The molecule has 1 aromatic heterocycles. The van der Waals surface area contributed by atoms with E-state index in [2.05, 4.69) is 11.6 Å². The Kier molecular flexibility index (Phi) is 2.15. The van der Waals surface area contributed by atoms with Crippen molar-refractivity contribution in [1.82, 2.24) is 4.98 Å². The topological polar surface area (TPSA) is 12.9 Å². The van der Waals surface area contributed by atoms with Gasteiger partial charge in [0.2, 0.25) is 0 Å². The fraction of sp³-hybridized carbons (Fsp3) is 0.125. The fourth-order valence-electron chi connectivity index (χ4n) is 0.636. The quantitative estimate of drug-likeness (QED) is 0.608. The Labute approximate surface area is 59.2 Å². The summed E-state index contributed by atoms with van der Waals surface area (Å²) in [6.45, 7) is 3.08. The molecule has 0 bridgehead atoms. The molecule has 0 saturated carbocycles. The molecule has 0 aliphatic rings. The number of rotatable bonds is 2. The lowest BCUT2D eigenvalue weighted by atomic mass is 10.3. The Hall–Kier alpha value is -1.18. The van der Waals surface area contributed by atoms with Gasteiger partial charge in [0.15, 0.2) is 0 Å². The second-order valence-electron chi connectivity index (χ2n) is 1.93. The molecule has 0 aliphatic carbocycles. The van der Waals surface area contributed by atoms with Crippen molar-refractivity contribution in [2.75, 3.05) is 0 Å². The first kappa shape index (κ1) is 6.93. The first-order chi connectivity index (χ1) is 4.86. The van der Waals surface area contributed by atoms with Crippen molar-refractivity contribution in [2.45, 2.75) is 6.67 Å². The number of hydrogen-bond donors (Lipinski definition) is 0. The van der Waals surface area contributed by atoms with E-state index in [1.165, 1.54) is 6.20 Å². The molecule has 0 aromatic carbocycles. The van der Waals surface area contributed by atoms with E-state index in [-0.39, 0.29) is 0 Å². The highest BCUT2D eigenvalue weighted by Crippen LogP contribution is 2.01. The van der Waals surface area contributed by atoms with Crippen LogP contribution in [0.15, 0.2) is 24.9 Å². The molecule has 0 unspecified atom stereocenters. The molecule has 0 atom stereocenters. The van der Waals surface area contributed by atoms with Gasteiger partial charge in [0.25, 0.3) is 0 Å². The van der Waals surface area contributed by atoms with Crippen molar-refractivity contribution in [3.8, 4) is 0 Å². The molecule has 1 rings (SSSR count). The summed E-state index contributed by atoms with van der Waals surface area (Å²) >= 11 is 0. The van der Waals surface area contributed by atoms with Crippen molar-refractivity contribution in [3.05, 3.63) is 36.2 Å². The van der Waals surface area contributed by atoms with Crippen LogP contribution in [0.1, 0.15) is 11.3 Å². The van der Waals surface area contributed by atoms with Gasteiger partial charge in [-0.1, -0.05) is 12.6 Å². The van der Waals surface area contributed by atoms with Crippen LogP contribution < -0.4 is 0 Å². The Bertz CT molecular complexity index is 215. The van der Waals surface area contributed by atoms with Crippen molar-refractivity contribution in [3.63, 3.8) is 0 Å². The van der Waals surface area contributed by atoms with Crippen LogP contribution in [0.2, 0.25) is 0 Å². The zero-order valence-electron chi connectivity index (χ0n) is 5.55. The number of aromatic nitrogens is 1. The minimum absolute atomic E-state index is 0.454. The smallest absolute Gasteiger partial charge is 0.116 e. The van der Waals surface area contributed by atoms with E-state index in [0.717, 1.165) is 5.69 Å². The minimum atomic E-state index is -0.454. The highest BCUT2D eigenvalue weighted by molar-refractivity contribution is 5.41. The third-order valence-electron chi connectivity index (χ3n) is 1.21. The largest absolute Gasteiger partial charge is 0.257 e. The summed E-state index contributed by atoms with van der Waals surface area (Å²) in [5, 5.41) is 0. The minimum Gasteiger partial charge on any atom is -0.257 e. The lowest BCUT2D eigenvalue weighted by molar-refractivity contribution is 0.484. The molecular weight excluding hydrogens is 129 g/mol. The first-order valence-electron chi connectivity index (χ1n) is 3.00. The standard InChI is InChI=1S/C8H8FN/c1-2-8-4-3-7(5-9)6-10-8/h2-4,6H,1,5H2. The summed E-state index contributed by atoms with van der Waals surface area (Å²) in [4.78, 5) is 3.91. The summed E-state index contributed by atoms with van der Waals surface area (Å²) in [5.41, 5.74) is 1.38. The van der Waals surface area contributed by atoms with Gasteiger partial charge in [-0.3, -0.25) is 4.98 Å². The summed E-state index contributed by atoms with van der Waals surface area (Å²) in [6.07, 6.45) is 3.14. The highest BCUT2D eigenvalue weighted by atomic mass is 19.1. The number of pyridine rings is 1. The van der Waals surface area contributed by atoms with Gasteiger partial charge in [0, 0.05) is 11.8 Å². The molecule has 2 heteroatoms. The molecule has 1 aromatic rings. The Morgan fingerprint density at radius 1 is 1.60 bits per heavy atom. The molecule has 1 heterocycles. The monoisotopic (exact) mass is 137 g/mol. The van der Waals surface area contributed by atoms with Crippen LogP contribution in [-0.2, 0) is 6.67 Å². The second-order valence-corrected chi connectivity index (χ2v) is 1.93. The fourth-order valence-corrected chi connectivity index (χ4v) is 0.636.